The molecule has 0 N–H and O–H groups in total. The summed E-state index contributed by atoms with van der Waals surface area (Å²) in [5.41, 5.74) is 0.638. The van der Waals surface area contributed by atoms with Crippen LogP contribution in [-0.4, -0.2) is 37.3 Å². The fourth-order valence-corrected chi connectivity index (χ4v) is 2.18. The van der Waals surface area contributed by atoms with Crippen LogP contribution < -0.4 is 4.74 Å². The topological polar surface area (TPSA) is 46.6 Å². The van der Waals surface area contributed by atoms with Crippen molar-refractivity contribution in [1.82, 2.24) is 4.90 Å². The molecule has 1 heterocycles. The lowest BCUT2D eigenvalue weighted by Crippen LogP contribution is -2.38. The Morgan fingerprint density at radius 2 is 2.11 bits per heavy atom. The molecule has 0 radical (unpaired) electrons. The van der Waals surface area contributed by atoms with Crippen LogP contribution in [-0.2, 0) is 4.79 Å². The molecule has 4 heteroatoms. The van der Waals surface area contributed by atoms with Crippen molar-refractivity contribution in [2.75, 3.05) is 20.2 Å². The molecule has 4 nitrogen and oxygen atoms in total. The lowest BCUT2D eigenvalue weighted by molar-refractivity contribution is -0.112. The zero-order chi connectivity index (χ0) is 13.0. The van der Waals surface area contributed by atoms with E-state index >= 15 is 0 Å². The first kappa shape index (κ1) is 12.6. The van der Waals surface area contributed by atoms with Gasteiger partial charge < -0.3 is 14.4 Å². The molecule has 1 aliphatic rings. The van der Waals surface area contributed by atoms with Crippen molar-refractivity contribution in [3.8, 4) is 5.75 Å². The van der Waals surface area contributed by atoms with Crippen molar-refractivity contribution in [1.29, 1.82) is 0 Å². The van der Waals surface area contributed by atoms with Gasteiger partial charge in [0.1, 0.15) is 12.0 Å². The molecule has 0 saturated carbocycles. The first-order chi connectivity index (χ1) is 8.74. The maximum atomic E-state index is 12.2. The SMILES string of the molecule is COc1cccc(C(=O)N2CCC(C=O)CC2)c1. The number of hydrogen-bond acceptors (Lipinski definition) is 3. The van der Waals surface area contributed by atoms with E-state index < -0.39 is 0 Å². The van der Waals surface area contributed by atoms with Crippen LogP contribution in [0.4, 0.5) is 0 Å². The zero-order valence-corrected chi connectivity index (χ0v) is 10.5. The molecule has 96 valence electrons. The largest absolute Gasteiger partial charge is 0.497 e. The van der Waals surface area contributed by atoms with Crippen LogP contribution in [0.2, 0.25) is 0 Å². The predicted octanol–water partition coefficient (Wildman–Crippen LogP) is 1.75. The monoisotopic (exact) mass is 247 g/mol. The number of amides is 1. The van der Waals surface area contributed by atoms with Crippen LogP contribution in [0.3, 0.4) is 0 Å². The summed E-state index contributed by atoms with van der Waals surface area (Å²) in [6, 6.07) is 7.16. The van der Waals surface area contributed by atoms with E-state index in [2.05, 4.69) is 0 Å². The number of carbonyl (C=O) groups is 2. The molecule has 1 amide bonds. The third-order valence-electron chi connectivity index (χ3n) is 3.34. The minimum absolute atomic E-state index is 0.0123. The molecule has 0 aromatic heterocycles. The number of hydrogen-bond donors (Lipinski definition) is 0. The van der Waals surface area contributed by atoms with Crippen LogP contribution in [0.25, 0.3) is 0 Å². The highest BCUT2D eigenvalue weighted by atomic mass is 16.5. The molecular weight excluding hydrogens is 230 g/mol. The van der Waals surface area contributed by atoms with Gasteiger partial charge in [-0.25, -0.2) is 0 Å². The van der Waals surface area contributed by atoms with Crippen LogP contribution in [0.1, 0.15) is 23.2 Å². The molecule has 0 bridgehead atoms. The summed E-state index contributed by atoms with van der Waals surface area (Å²) in [4.78, 5) is 24.7. The van der Waals surface area contributed by atoms with E-state index in [0.29, 0.717) is 24.4 Å². The second-order valence-electron chi connectivity index (χ2n) is 4.50. The van der Waals surface area contributed by atoms with Crippen LogP contribution in [0.15, 0.2) is 24.3 Å². The van der Waals surface area contributed by atoms with Gasteiger partial charge in [0.25, 0.3) is 5.91 Å². The summed E-state index contributed by atoms with van der Waals surface area (Å²) in [5.74, 6) is 0.807. The highest BCUT2D eigenvalue weighted by Crippen LogP contribution is 2.19. The Kier molecular flexibility index (Phi) is 3.97. The van der Waals surface area contributed by atoms with E-state index in [1.165, 1.54) is 0 Å². The maximum Gasteiger partial charge on any atom is 0.253 e. The third-order valence-corrected chi connectivity index (χ3v) is 3.34. The summed E-state index contributed by atoms with van der Waals surface area (Å²) in [7, 11) is 1.58. The fraction of sp³-hybridized carbons (Fsp3) is 0.429. The van der Waals surface area contributed by atoms with Gasteiger partial charge in [-0.05, 0) is 31.0 Å². The van der Waals surface area contributed by atoms with E-state index in [1.807, 2.05) is 12.1 Å². The molecule has 1 aliphatic heterocycles. The number of ether oxygens (including phenoxy) is 1. The highest BCUT2D eigenvalue weighted by Gasteiger charge is 2.23. The first-order valence-corrected chi connectivity index (χ1v) is 6.13. The Morgan fingerprint density at radius 3 is 2.72 bits per heavy atom. The Morgan fingerprint density at radius 1 is 1.39 bits per heavy atom. The van der Waals surface area contributed by atoms with Gasteiger partial charge in [-0.15, -0.1) is 0 Å². The Balaban J connectivity index is 2.05. The summed E-state index contributed by atoms with van der Waals surface area (Å²) in [5, 5.41) is 0. The second-order valence-corrected chi connectivity index (χ2v) is 4.50. The van der Waals surface area contributed by atoms with Crippen molar-refractivity contribution in [3.63, 3.8) is 0 Å². The van der Waals surface area contributed by atoms with Gasteiger partial charge in [0, 0.05) is 24.6 Å². The smallest absolute Gasteiger partial charge is 0.253 e. The number of aldehydes is 1. The molecular formula is C14H17NO3. The molecule has 0 unspecified atom stereocenters. The van der Waals surface area contributed by atoms with Gasteiger partial charge in [-0.2, -0.15) is 0 Å². The maximum absolute atomic E-state index is 12.2. The Bertz CT molecular complexity index is 436. The van der Waals surface area contributed by atoms with E-state index in [9.17, 15) is 9.59 Å². The summed E-state index contributed by atoms with van der Waals surface area (Å²) >= 11 is 0. The number of rotatable bonds is 3. The minimum atomic E-state index is 0.0123. The van der Waals surface area contributed by atoms with E-state index in [-0.39, 0.29) is 11.8 Å². The predicted molar refractivity (Wildman–Crippen MR) is 67.7 cm³/mol. The van der Waals surface area contributed by atoms with E-state index in [0.717, 1.165) is 19.1 Å². The standard InChI is InChI=1S/C14H17NO3/c1-18-13-4-2-3-12(9-13)14(17)15-7-5-11(10-16)6-8-15/h2-4,9-11H,5-8H2,1H3. The second kappa shape index (κ2) is 5.67. The minimum Gasteiger partial charge on any atom is -0.497 e. The van der Waals surface area contributed by atoms with Crippen molar-refractivity contribution < 1.29 is 14.3 Å². The molecule has 1 fully saturated rings. The molecule has 18 heavy (non-hydrogen) atoms. The molecule has 0 atom stereocenters. The van der Waals surface area contributed by atoms with Gasteiger partial charge in [-0.3, -0.25) is 4.79 Å². The number of piperidine rings is 1. The lowest BCUT2D eigenvalue weighted by Gasteiger charge is -2.29. The summed E-state index contributed by atoms with van der Waals surface area (Å²) < 4.78 is 5.11. The molecule has 1 aromatic rings. The van der Waals surface area contributed by atoms with E-state index in [4.69, 9.17) is 4.74 Å². The number of likely N-dealkylation sites (tertiary alicyclic amines) is 1. The van der Waals surface area contributed by atoms with Gasteiger partial charge in [0.05, 0.1) is 7.11 Å². The average molecular weight is 247 g/mol. The van der Waals surface area contributed by atoms with Gasteiger partial charge >= 0.3 is 0 Å². The van der Waals surface area contributed by atoms with Gasteiger partial charge in [0.15, 0.2) is 0 Å². The van der Waals surface area contributed by atoms with Gasteiger partial charge in [-0.1, -0.05) is 6.07 Å². The van der Waals surface area contributed by atoms with Crippen molar-refractivity contribution >= 4 is 12.2 Å². The molecule has 0 aliphatic carbocycles. The Hall–Kier alpha value is -1.84. The normalized spacial score (nSPS) is 16.4. The van der Waals surface area contributed by atoms with Crippen molar-refractivity contribution in [2.24, 2.45) is 5.92 Å². The number of methoxy groups -OCH3 is 1. The van der Waals surface area contributed by atoms with Crippen molar-refractivity contribution in [3.05, 3.63) is 29.8 Å². The number of nitrogens with zero attached hydrogens (tertiary/aromatic N) is 1. The van der Waals surface area contributed by atoms with Gasteiger partial charge in [0.2, 0.25) is 0 Å². The van der Waals surface area contributed by atoms with Crippen LogP contribution >= 0.6 is 0 Å². The van der Waals surface area contributed by atoms with E-state index in [1.54, 1.807) is 24.1 Å². The number of benzene rings is 1. The van der Waals surface area contributed by atoms with Crippen LogP contribution in [0, 0.1) is 5.92 Å². The highest BCUT2D eigenvalue weighted by molar-refractivity contribution is 5.94. The Labute approximate surface area is 107 Å². The summed E-state index contributed by atoms with van der Waals surface area (Å²) in [6.07, 6.45) is 2.52. The third kappa shape index (κ3) is 2.70. The molecule has 0 spiro atoms. The zero-order valence-electron chi connectivity index (χ0n) is 10.5. The lowest BCUT2D eigenvalue weighted by atomic mass is 9.98. The average Bonchev–Trinajstić information content (AvgIpc) is 2.46. The quantitative estimate of drug-likeness (QED) is 0.764. The molecule has 2 rings (SSSR count). The fourth-order valence-electron chi connectivity index (χ4n) is 2.18. The molecule has 1 saturated heterocycles. The molecule has 1 aromatic carbocycles. The first-order valence-electron chi connectivity index (χ1n) is 6.13. The van der Waals surface area contributed by atoms with Crippen molar-refractivity contribution in [2.45, 2.75) is 12.8 Å². The van der Waals surface area contributed by atoms with Crippen LogP contribution in [0.5, 0.6) is 5.75 Å². The number of carbonyl (C=O) groups excluding carboxylic acids is 2. The summed E-state index contributed by atoms with van der Waals surface area (Å²) in [6.45, 7) is 1.30.